The van der Waals surface area contributed by atoms with Crippen molar-refractivity contribution in [1.29, 1.82) is 0 Å². The number of rotatable bonds is 5. The van der Waals surface area contributed by atoms with E-state index in [1.165, 1.54) is 32.4 Å². The summed E-state index contributed by atoms with van der Waals surface area (Å²) in [4.78, 5) is 9.87. The number of hydrogen-bond acceptors (Lipinski definition) is 2. The maximum atomic E-state index is 4.76. The zero-order chi connectivity index (χ0) is 14.2. The van der Waals surface area contributed by atoms with Gasteiger partial charge in [-0.3, -0.25) is 9.89 Å². The van der Waals surface area contributed by atoms with Crippen molar-refractivity contribution in [2.45, 2.75) is 45.6 Å². The van der Waals surface area contributed by atoms with Crippen LogP contribution in [0.25, 0.3) is 0 Å². The molecule has 2 heterocycles. The second-order valence-corrected chi connectivity index (χ2v) is 5.72. The molecule has 1 atom stereocenters. The molecule has 2 rings (SSSR count). The summed E-state index contributed by atoms with van der Waals surface area (Å²) in [6.45, 7) is 10.9. The summed E-state index contributed by atoms with van der Waals surface area (Å²) < 4.78 is 0. The average Bonchev–Trinajstić information content (AvgIpc) is 3.12. The summed E-state index contributed by atoms with van der Waals surface area (Å²) in [5.41, 5.74) is 0. The Bertz CT molecular complexity index is 331. The van der Waals surface area contributed by atoms with Crippen molar-refractivity contribution < 1.29 is 0 Å². The van der Waals surface area contributed by atoms with Gasteiger partial charge in [-0.2, -0.15) is 0 Å². The lowest BCUT2D eigenvalue weighted by molar-refractivity contribution is 0.249. The summed E-state index contributed by atoms with van der Waals surface area (Å²) in [5.74, 6) is 1.11. The number of aliphatic imine (C=N–C) groups is 1. The van der Waals surface area contributed by atoms with Gasteiger partial charge in [-0.25, -0.2) is 0 Å². The third-order valence-corrected chi connectivity index (χ3v) is 4.25. The molecule has 4 nitrogen and oxygen atoms in total. The highest BCUT2D eigenvalue weighted by Crippen LogP contribution is 2.20. The second kappa shape index (κ2) is 8.30. The molecule has 2 aliphatic heterocycles. The summed E-state index contributed by atoms with van der Waals surface area (Å²) in [6.07, 6.45) is 9.38. The van der Waals surface area contributed by atoms with E-state index in [4.69, 9.17) is 4.99 Å². The molecule has 2 saturated heterocycles. The van der Waals surface area contributed by atoms with Gasteiger partial charge in [-0.05, 0) is 52.6 Å². The maximum absolute atomic E-state index is 4.76. The first-order valence-electron chi connectivity index (χ1n) is 8.23. The highest BCUT2D eigenvalue weighted by Gasteiger charge is 2.30. The predicted octanol–water partition coefficient (Wildman–Crippen LogP) is 2.09. The molecule has 0 radical (unpaired) electrons. The van der Waals surface area contributed by atoms with E-state index in [0.29, 0.717) is 0 Å². The van der Waals surface area contributed by atoms with Crippen LogP contribution in [0.1, 0.15) is 39.5 Å². The van der Waals surface area contributed by atoms with Crippen molar-refractivity contribution in [3.63, 3.8) is 0 Å². The van der Waals surface area contributed by atoms with E-state index in [1.807, 2.05) is 0 Å². The van der Waals surface area contributed by atoms with Crippen LogP contribution >= 0.6 is 0 Å². The van der Waals surface area contributed by atoms with Crippen molar-refractivity contribution in [3.8, 4) is 0 Å². The van der Waals surface area contributed by atoms with Crippen molar-refractivity contribution in [2.75, 3.05) is 39.3 Å². The van der Waals surface area contributed by atoms with E-state index in [9.17, 15) is 0 Å². The molecule has 0 aromatic heterocycles. The molecule has 0 saturated carbocycles. The Morgan fingerprint density at radius 3 is 2.80 bits per heavy atom. The van der Waals surface area contributed by atoms with Crippen molar-refractivity contribution in [3.05, 3.63) is 12.2 Å². The fraction of sp³-hybridized carbons (Fsp3) is 0.812. The average molecular weight is 278 g/mol. The van der Waals surface area contributed by atoms with Gasteiger partial charge in [-0.1, -0.05) is 12.2 Å². The first-order chi connectivity index (χ1) is 9.85. The topological polar surface area (TPSA) is 30.9 Å². The molecule has 0 aliphatic carbocycles. The van der Waals surface area contributed by atoms with Crippen LogP contribution in [0, 0.1) is 0 Å². The molecule has 1 N–H and O–H groups in total. The molecule has 0 aromatic rings. The minimum Gasteiger partial charge on any atom is -0.357 e. The largest absolute Gasteiger partial charge is 0.357 e. The molecule has 1 unspecified atom stereocenters. The summed E-state index contributed by atoms with van der Waals surface area (Å²) in [6, 6.07) is 0.747. The Morgan fingerprint density at radius 2 is 2.10 bits per heavy atom. The summed E-state index contributed by atoms with van der Waals surface area (Å²) in [5, 5.41) is 3.45. The third-order valence-electron chi connectivity index (χ3n) is 4.25. The van der Waals surface area contributed by atoms with Crippen molar-refractivity contribution in [1.82, 2.24) is 15.1 Å². The van der Waals surface area contributed by atoms with Gasteiger partial charge in [-0.15, -0.1) is 0 Å². The van der Waals surface area contributed by atoms with E-state index in [1.54, 1.807) is 0 Å². The standard InChI is InChI=1S/C16H30N4/c1-3-5-6-10-18-16(17-4-2)20-13-9-15(14-20)19-11-7-8-12-19/h3,5,15H,4,6-14H2,1-2H3,(H,17,18). The van der Waals surface area contributed by atoms with Crippen LogP contribution in [0.15, 0.2) is 17.1 Å². The van der Waals surface area contributed by atoms with Gasteiger partial charge in [0.05, 0.1) is 0 Å². The first-order valence-corrected chi connectivity index (χ1v) is 8.23. The Labute approximate surface area is 123 Å². The van der Waals surface area contributed by atoms with Crippen molar-refractivity contribution >= 4 is 5.96 Å². The Morgan fingerprint density at radius 1 is 1.30 bits per heavy atom. The van der Waals surface area contributed by atoms with Crippen LogP contribution in [0.3, 0.4) is 0 Å². The molecule has 2 fully saturated rings. The van der Waals surface area contributed by atoms with E-state index in [-0.39, 0.29) is 0 Å². The molecule has 2 aliphatic rings. The number of allylic oxidation sites excluding steroid dienone is 1. The molecule has 0 amide bonds. The summed E-state index contributed by atoms with van der Waals surface area (Å²) in [7, 11) is 0. The molecule has 4 heteroatoms. The highest BCUT2D eigenvalue weighted by atomic mass is 15.3. The highest BCUT2D eigenvalue weighted by molar-refractivity contribution is 5.80. The van der Waals surface area contributed by atoms with E-state index >= 15 is 0 Å². The van der Waals surface area contributed by atoms with Crippen LogP contribution in [0.2, 0.25) is 0 Å². The van der Waals surface area contributed by atoms with Crippen LogP contribution in [-0.4, -0.2) is 61.1 Å². The number of nitrogens with zero attached hydrogens (tertiary/aromatic N) is 3. The van der Waals surface area contributed by atoms with Gasteiger partial charge in [0, 0.05) is 32.2 Å². The molecule has 20 heavy (non-hydrogen) atoms. The van der Waals surface area contributed by atoms with Gasteiger partial charge >= 0.3 is 0 Å². The number of likely N-dealkylation sites (tertiary alicyclic amines) is 2. The SMILES string of the molecule is CC=CCCN=C(NCC)N1CCC(N2CCCC2)C1. The van der Waals surface area contributed by atoms with Crippen LogP contribution in [-0.2, 0) is 0 Å². The van der Waals surface area contributed by atoms with Gasteiger partial charge in [0.25, 0.3) is 0 Å². The fourth-order valence-electron chi connectivity index (χ4n) is 3.18. The molecule has 0 spiro atoms. The van der Waals surface area contributed by atoms with E-state index in [0.717, 1.165) is 44.6 Å². The lowest BCUT2D eigenvalue weighted by Gasteiger charge is -2.25. The first kappa shape index (κ1) is 15.4. The molecular weight excluding hydrogens is 248 g/mol. The van der Waals surface area contributed by atoms with Crippen LogP contribution in [0.4, 0.5) is 0 Å². The third kappa shape index (κ3) is 4.23. The molecule has 114 valence electrons. The monoisotopic (exact) mass is 278 g/mol. The van der Waals surface area contributed by atoms with Gasteiger partial charge < -0.3 is 10.2 Å². The maximum Gasteiger partial charge on any atom is 0.193 e. The lowest BCUT2D eigenvalue weighted by Crippen LogP contribution is -2.42. The molecular formula is C16H30N4. The number of guanidine groups is 1. The predicted molar refractivity (Wildman–Crippen MR) is 86.2 cm³/mol. The summed E-state index contributed by atoms with van der Waals surface area (Å²) >= 11 is 0. The minimum absolute atomic E-state index is 0.747. The Balaban J connectivity index is 1.86. The number of hydrogen-bond donors (Lipinski definition) is 1. The van der Waals surface area contributed by atoms with E-state index in [2.05, 4.69) is 41.1 Å². The lowest BCUT2D eigenvalue weighted by atomic mass is 10.2. The Hall–Kier alpha value is -1.03. The minimum atomic E-state index is 0.747. The normalized spacial score (nSPS) is 25.0. The molecule has 0 bridgehead atoms. The fourth-order valence-corrected chi connectivity index (χ4v) is 3.18. The van der Waals surface area contributed by atoms with Crippen LogP contribution < -0.4 is 5.32 Å². The zero-order valence-corrected chi connectivity index (χ0v) is 13.1. The van der Waals surface area contributed by atoms with Gasteiger partial charge in [0.15, 0.2) is 5.96 Å². The smallest absolute Gasteiger partial charge is 0.193 e. The second-order valence-electron chi connectivity index (χ2n) is 5.72. The van der Waals surface area contributed by atoms with Crippen LogP contribution in [0.5, 0.6) is 0 Å². The van der Waals surface area contributed by atoms with Gasteiger partial charge in [0.2, 0.25) is 0 Å². The number of nitrogens with one attached hydrogen (secondary N) is 1. The molecule has 0 aromatic carbocycles. The zero-order valence-electron chi connectivity index (χ0n) is 13.1. The van der Waals surface area contributed by atoms with Gasteiger partial charge in [0.1, 0.15) is 0 Å². The quantitative estimate of drug-likeness (QED) is 0.361. The van der Waals surface area contributed by atoms with E-state index < -0.39 is 0 Å². The Kier molecular flexibility index (Phi) is 6.37. The van der Waals surface area contributed by atoms with Crippen molar-refractivity contribution in [2.24, 2.45) is 4.99 Å².